The zero-order valence-corrected chi connectivity index (χ0v) is 12.7. The van der Waals surface area contributed by atoms with Crippen LogP contribution in [-0.2, 0) is 22.4 Å². The Morgan fingerprint density at radius 3 is 2.38 bits per heavy atom. The predicted molar refractivity (Wildman–Crippen MR) is 81.0 cm³/mol. The maximum Gasteiger partial charge on any atom is 0.306 e. The van der Waals surface area contributed by atoms with Gasteiger partial charge >= 0.3 is 5.97 Å². The first-order valence-electron chi connectivity index (χ1n) is 7.59. The lowest BCUT2D eigenvalue weighted by molar-refractivity contribution is -0.148. The first kappa shape index (κ1) is 15.5. The number of amides is 1. The number of carbonyl (C=O) groups excluding carboxylic acids is 1. The van der Waals surface area contributed by atoms with Crippen LogP contribution in [0, 0.1) is 11.8 Å². The Morgan fingerprint density at radius 1 is 1.24 bits per heavy atom. The second-order valence-electron chi connectivity index (χ2n) is 5.90. The summed E-state index contributed by atoms with van der Waals surface area (Å²) in [7, 11) is 0. The number of aliphatic carboxylic acids is 1. The molecule has 1 fully saturated rings. The lowest BCUT2D eigenvalue weighted by atomic mass is 9.87. The van der Waals surface area contributed by atoms with Crippen LogP contribution in [0.4, 0.5) is 0 Å². The van der Waals surface area contributed by atoms with Crippen molar-refractivity contribution in [1.82, 2.24) is 4.90 Å². The van der Waals surface area contributed by atoms with Crippen molar-refractivity contribution in [2.45, 2.75) is 33.1 Å². The molecule has 1 aromatic carbocycles. The van der Waals surface area contributed by atoms with Crippen LogP contribution in [-0.4, -0.2) is 35.0 Å². The topological polar surface area (TPSA) is 57.6 Å². The molecule has 0 aliphatic carbocycles. The van der Waals surface area contributed by atoms with Gasteiger partial charge in [0, 0.05) is 13.1 Å². The van der Waals surface area contributed by atoms with Gasteiger partial charge in [0.2, 0.25) is 5.91 Å². The number of carboxylic acid groups (broad SMARTS) is 1. The number of rotatable bonds is 4. The van der Waals surface area contributed by atoms with E-state index in [1.807, 2.05) is 19.1 Å². The largest absolute Gasteiger partial charge is 0.481 e. The van der Waals surface area contributed by atoms with E-state index in [1.54, 1.807) is 4.90 Å². The molecule has 114 valence electrons. The first-order valence-corrected chi connectivity index (χ1v) is 7.59. The molecule has 0 saturated carbocycles. The molecule has 1 aliphatic heterocycles. The van der Waals surface area contributed by atoms with Crippen LogP contribution in [0.2, 0.25) is 0 Å². The Balaban J connectivity index is 1.93. The summed E-state index contributed by atoms with van der Waals surface area (Å²) in [6.07, 6.45) is 1.94. The average Bonchev–Trinajstić information content (AvgIpc) is 2.47. The minimum absolute atomic E-state index is 0.0164. The van der Waals surface area contributed by atoms with E-state index in [9.17, 15) is 9.59 Å². The molecule has 21 heavy (non-hydrogen) atoms. The van der Waals surface area contributed by atoms with Crippen molar-refractivity contribution >= 4 is 11.9 Å². The molecule has 1 aromatic rings. The van der Waals surface area contributed by atoms with Gasteiger partial charge in [-0.3, -0.25) is 9.59 Å². The molecule has 2 rings (SSSR count). The van der Waals surface area contributed by atoms with Crippen molar-refractivity contribution in [3.8, 4) is 0 Å². The Kier molecular flexibility index (Phi) is 4.99. The van der Waals surface area contributed by atoms with Crippen LogP contribution in [0.25, 0.3) is 0 Å². The van der Waals surface area contributed by atoms with Crippen LogP contribution in [0.3, 0.4) is 0 Å². The highest BCUT2D eigenvalue weighted by Crippen LogP contribution is 2.24. The van der Waals surface area contributed by atoms with Crippen LogP contribution < -0.4 is 0 Å². The highest BCUT2D eigenvalue weighted by molar-refractivity contribution is 5.79. The maximum atomic E-state index is 12.3. The van der Waals surface area contributed by atoms with Crippen LogP contribution in [0.1, 0.15) is 31.4 Å². The molecule has 4 heteroatoms. The molecule has 2 unspecified atom stereocenters. The number of hydrogen-bond donors (Lipinski definition) is 1. The van der Waals surface area contributed by atoms with E-state index < -0.39 is 5.97 Å². The number of hydrogen-bond acceptors (Lipinski definition) is 2. The van der Waals surface area contributed by atoms with E-state index in [1.165, 1.54) is 5.56 Å². The van der Waals surface area contributed by atoms with Crippen LogP contribution >= 0.6 is 0 Å². The molecular formula is C17H23NO3. The Hall–Kier alpha value is -1.84. The molecule has 0 aromatic heterocycles. The predicted octanol–water partition coefficient (Wildman–Crippen LogP) is 2.36. The minimum Gasteiger partial charge on any atom is -0.481 e. The highest BCUT2D eigenvalue weighted by Gasteiger charge is 2.32. The van der Waals surface area contributed by atoms with Crippen molar-refractivity contribution in [3.05, 3.63) is 35.4 Å². The van der Waals surface area contributed by atoms with Crippen molar-refractivity contribution in [1.29, 1.82) is 0 Å². The van der Waals surface area contributed by atoms with Crippen molar-refractivity contribution in [2.24, 2.45) is 11.8 Å². The molecule has 4 nitrogen and oxygen atoms in total. The fraction of sp³-hybridized carbons (Fsp3) is 0.529. The van der Waals surface area contributed by atoms with Gasteiger partial charge in [0.25, 0.3) is 0 Å². The molecule has 0 bridgehead atoms. The van der Waals surface area contributed by atoms with Crippen molar-refractivity contribution in [3.63, 3.8) is 0 Å². The fourth-order valence-corrected chi connectivity index (χ4v) is 2.92. The number of carboxylic acids is 1. The number of benzene rings is 1. The monoisotopic (exact) mass is 289 g/mol. The molecule has 1 aliphatic rings. The van der Waals surface area contributed by atoms with E-state index in [-0.39, 0.29) is 17.7 Å². The lowest BCUT2D eigenvalue weighted by Crippen LogP contribution is -2.45. The molecule has 0 spiro atoms. The third-order valence-corrected chi connectivity index (χ3v) is 4.36. The highest BCUT2D eigenvalue weighted by atomic mass is 16.4. The standard InChI is InChI=1S/C17H23NO3/c1-3-13-4-6-14(7-5-13)10-16(19)18-9-8-15(17(20)21)12(2)11-18/h4-7,12,15H,3,8-11H2,1-2H3,(H,20,21). The molecule has 0 radical (unpaired) electrons. The Labute approximate surface area is 125 Å². The van der Waals surface area contributed by atoms with Gasteiger partial charge in [0.15, 0.2) is 0 Å². The van der Waals surface area contributed by atoms with Gasteiger partial charge in [-0.15, -0.1) is 0 Å². The van der Waals surface area contributed by atoms with Gasteiger partial charge in [-0.25, -0.2) is 0 Å². The van der Waals surface area contributed by atoms with Gasteiger partial charge in [0.05, 0.1) is 12.3 Å². The first-order chi connectivity index (χ1) is 10.0. The third-order valence-electron chi connectivity index (χ3n) is 4.36. The van der Waals surface area contributed by atoms with Gasteiger partial charge in [-0.1, -0.05) is 38.1 Å². The van der Waals surface area contributed by atoms with E-state index in [0.29, 0.717) is 25.9 Å². The average molecular weight is 289 g/mol. The summed E-state index contributed by atoms with van der Waals surface area (Å²) < 4.78 is 0. The molecule has 1 saturated heterocycles. The van der Waals surface area contributed by atoms with Gasteiger partial charge < -0.3 is 10.0 Å². The molecule has 1 heterocycles. The quantitative estimate of drug-likeness (QED) is 0.925. The fourth-order valence-electron chi connectivity index (χ4n) is 2.92. The SMILES string of the molecule is CCc1ccc(CC(=O)N2CCC(C(=O)O)C(C)C2)cc1. The Morgan fingerprint density at radius 2 is 1.86 bits per heavy atom. The summed E-state index contributed by atoms with van der Waals surface area (Å²) in [6, 6.07) is 8.12. The zero-order valence-electron chi connectivity index (χ0n) is 12.7. The van der Waals surface area contributed by atoms with Crippen LogP contribution in [0.15, 0.2) is 24.3 Å². The summed E-state index contributed by atoms with van der Waals surface area (Å²) in [5, 5.41) is 9.11. The summed E-state index contributed by atoms with van der Waals surface area (Å²) in [4.78, 5) is 25.2. The van der Waals surface area contributed by atoms with Gasteiger partial charge in [-0.05, 0) is 29.9 Å². The third kappa shape index (κ3) is 3.84. The number of carbonyl (C=O) groups is 2. The van der Waals surface area contributed by atoms with E-state index in [4.69, 9.17) is 5.11 Å². The number of aryl methyl sites for hydroxylation is 1. The molecule has 1 amide bonds. The normalized spacial score (nSPS) is 22.1. The van der Waals surface area contributed by atoms with Crippen molar-refractivity contribution in [2.75, 3.05) is 13.1 Å². The van der Waals surface area contributed by atoms with Crippen LogP contribution in [0.5, 0.6) is 0 Å². The van der Waals surface area contributed by atoms with Gasteiger partial charge in [0.1, 0.15) is 0 Å². The number of likely N-dealkylation sites (tertiary alicyclic amines) is 1. The second-order valence-corrected chi connectivity index (χ2v) is 5.90. The van der Waals surface area contributed by atoms with Crippen molar-refractivity contribution < 1.29 is 14.7 Å². The van der Waals surface area contributed by atoms with E-state index in [0.717, 1.165) is 12.0 Å². The summed E-state index contributed by atoms with van der Waals surface area (Å²) in [6.45, 7) is 5.11. The maximum absolute atomic E-state index is 12.3. The van der Waals surface area contributed by atoms with E-state index >= 15 is 0 Å². The summed E-state index contributed by atoms with van der Waals surface area (Å²) >= 11 is 0. The smallest absolute Gasteiger partial charge is 0.306 e. The second kappa shape index (κ2) is 6.74. The molecule has 2 atom stereocenters. The summed E-state index contributed by atoms with van der Waals surface area (Å²) in [5.74, 6) is -0.958. The Bertz CT molecular complexity index is 509. The van der Waals surface area contributed by atoms with E-state index in [2.05, 4.69) is 19.1 Å². The summed E-state index contributed by atoms with van der Waals surface area (Å²) in [5.41, 5.74) is 2.28. The lowest BCUT2D eigenvalue weighted by Gasteiger charge is -2.35. The zero-order chi connectivity index (χ0) is 15.4. The minimum atomic E-state index is -0.746. The number of nitrogens with zero attached hydrogens (tertiary/aromatic N) is 1. The van der Waals surface area contributed by atoms with Gasteiger partial charge in [-0.2, -0.15) is 0 Å². The molecular weight excluding hydrogens is 266 g/mol. The number of piperidine rings is 1. The molecule has 1 N–H and O–H groups in total.